The lowest BCUT2D eigenvalue weighted by atomic mass is 10.00. The van der Waals surface area contributed by atoms with Crippen molar-refractivity contribution in [1.29, 1.82) is 0 Å². The summed E-state index contributed by atoms with van der Waals surface area (Å²) in [6, 6.07) is 6.93. The molecule has 0 aliphatic carbocycles. The van der Waals surface area contributed by atoms with Crippen molar-refractivity contribution in [2.75, 3.05) is 40.3 Å². The lowest BCUT2D eigenvalue weighted by Gasteiger charge is -2.34. The van der Waals surface area contributed by atoms with Crippen LogP contribution in [0.3, 0.4) is 0 Å². The van der Waals surface area contributed by atoms with Gasteiger partial charge in [-0.25, -0.2) is 4.79 Å². The fourth-order valence-electron chi connectivity index (χ4n) is 4.19. The molecule has 2 heterocycles. The molecule has 1 unspecified atom stereocenters. The number of piperidine rings is 1. The van der Waals surface area contributed by atoms with Gasteiger partial charge in [0.1, 0.15) is 5.75 Å². The lowest BCUT2D eigenvalue weighted by Crippen LogP contribution is -2.56. The molecule has 1 aromatic rings. The van der Waals surface area contributed by atoms with E-state index in [4.69, 9.17) is 9.47 Å². The summed E-state index contributed by atoms with van der Waals surface area (Å²) in [5.41, 5.74) is 2.41. The summed E-state index contributed by atoms with van der Waals surface area (Å²) in [7, 11) is 3.51. The average Bonchev–Trinajstić information content (AvgIpc) is 2.77. The maximum atomic E-state index is 12.5. The average molecular weight is 419 g/mol. The first kappa shape index (κ1) is 22.8. The van der Waals surface area contributed by atoms with Crippen LogP contribution in [0.25, 0.3) is 0 Å². The van der Waals surface area contributed by atoms with Crippen LogP contribution in [0.4, 0.5) is 4.79 Å². The first-order valence-electron chi connectivity index (χ1n) is 11.3. The van der Waals surface area contributed by atoms with Crippen LogP contribution >= 0.6 is 0 Å². The van der Waals surface area contributed by atoms with E-state index in [1.54, 1.807) is 25.9 Å². The number of likely N-dealkylation sites (tertiary alicyclic amines) is 1. The Kier molecular flexibility index (Phi) is 7.97. The molecule has 30 heavy (non-hydrogen) atoms. The largest absolute Gasteiger partial charge is 0.494 e. The summed E-state index contributed by atoms with van der Waals surface area (Å²) >= 11 is 0. The first-order chi connectivity index (χ1) is 14.4. The van der Waals surface area contributed by atoms with E-state index in [1.807, 2.05) is 6.07 Å². The summed E-state index contributed by atoms with van der Waals surface area (Å²) in [6.45, 7) is 8.41. The van der Waals surface area contributed by atoms with Crippen LogP contribution in [0.5, 0.6) is 5.75 Å². The molecule has 0 radical (unpaired) electrons. The van der Waals surface area contributed by atoms with Crippen LogP contribution in [-0.2, 0) is 17.7 Å². The smallest absolute Gasteiger partial charge is 0.412 e. The number of hydrogen-bond acceptors (Lipinski definition) is 6. The van der Waals surface area contributed by atoms with Gasteiger partial charge in [0.05, 0.1) is 6.61 Å². The molecule has 2 aliphatic rings. The van der Waals surface area contributed by atoms with E-state index in [0.717, 1.165) is 37.3 Å². The highest BCUT2D eigenvalue weighted by Crippen LogP contribution is 2.25. The van der Waals surface area contributed by atoms with Crippen molar-refractivity contribution >= 4 is 6.09 Å². The van der Waals surface area contributed by atoms with Gasteiger partial charge in [-0.1, -0.05) is 12.5 Å². The minimum atomic E-state index is -0.874. The zero-order valence-electron chi connectivity index (χ0n) is 19.0. The maximum absolute atomic E-state index is 12.5. The predicted octanol–water partition coefficient (Wildman–Crippen LogP) is 2.94. The molecule has 0 saturated carbocycles. The van der Waals surface area contributed by atoms with Gasteiger partial charge in [-0.3, -0.25) is 10.6 Å². The van der Waals surface area contributed by atoms with Crippen LogP contribution in [0, 0.1) is 0 Å². The molecule has 168 valence electrons. The van der Waals surface area contributed by atoms with Crippen molar-refractivity contribution in [3.8, 4) is 5.75 Å². The molecule has 0 spiro atoms. The van der Waals surface area contributed by atoms with E-state index in [-0.39, 0.29) is 6.09 Å². The molecule has 1 saturated heterocycles. The van der Waals surface area contributed by atoms with Gasteiger partial charge < -0.3 is 19.3 Å². The van der Waals surface area contributed by atoms with E-state index >= 15 is 0 Å². The molecule has 1 aromatic carbocycles. The Morgan fingerprint density at radius 2 is 2.00 bits per heavy atom. The molecule has 3 rings (SSSR count). The van der Waals surface area contributed by atoms with E-state index in [9.17, 15) is 4.79 Å². The Labute approximate surface area is 181 Å². The van der Waals surface area contributed by atoms with Crippen LogP contribution in [-0.4, -0.2) is 68.1 Å². The van der Waals surface area contributed by atoms with E-state index in [0.29, 0.717) is 19.1 Å². The SMILES string of the molecule is CNC(C)(NC)OC(=O)N1CCc2cc(OCCCN3CCCCC3C)ccc2C1. The Bertz CT molecular complexity index is 708. The maximum Gasteiger partial charge on any atom is 0.412 e. The normalized spacial score (nSPS) is 20.0. The number of nitrogens with one attached hydrogen (secondary N) is 2. The lowest BCUT2D eigenvalue weighted by molar-refractivity contribution is -0.0359. The Morgan fingerprint density at radius 3 is 2.73 bits per heavy atom. The monoisotopic (exact) mass is 418 g/mol. The van der Waals surface area contributed by atoms with Crippen LogP contribution in [0.2, 0.25) is 0 Å². The second kappa shape index (κ2) is 10.5. The zero-order valence-corrected chi connectivity index (χ0v) is 19.0. The third-order valence-electron chi connectivity index (χ3n) is 6.49. The van der Waals surface area contributed by atoms with Crippen molar-refractivity contribution in [1.82, 2.24) is 20.4 Å². The molecule has 2 N–H and O–H groups in total. The fourth-order valence-corrected chi connectivity index (χ4v) is 4.19. The van der Waals surface area contributed by atoms with Crippen molar-refractivity contribution in [3.63, 3.8) is 0 Å². The number of rotatable bonds is 8. The molecule has 2 aliphatic heterocycles. The summed E-state index contributed by atoms with van der Waals surface area (Å²) in [6.07, 6.45) is 5.55. The molecular weight excluding hydrogens is 380 g/mol. The highest BCUT2D eigenvalue weighted by atomic mass is 16.6. The minimum absolute atomic E-state index is 0.320. The van der Waals surface area contributed by atoms with Gasteiger partial charge in [0.15, 0.2) is 0 Å². The zero-order chi connectivity index (χ0) is 21.6. The number of carbonyl (C=O) groups excluding carboxylic acids is 1. The molecule has 1 amide bonds. The highest BCUT2D eigenvalue weighted by Gasteiger charge is 2.29. The second-order valence-electron chi connectivity index (χ2n) is 8.59. The number of benzene rings is 1. The molecule has 7 nitrogen and oxygen atoms in total. The molecule has 1 atom stereocenters. The number of amides is 1. The number of fused-ring (bicyclic) bond motifs is 1. The van der Waals surface area contributed by atoms with Crippen molar-refractivity contribution < 1.29 is 14.3 Å². The van der Waals surface area contributed by atoms with Gasteiger partial charge in [-0.15, -0.1) is 0 Å². The molecular formula is C23H38N4O3. The fraction of sp³-hybridized carbons (Fsp3) is 0.696. The molecule has 0 bridgehead atoms. The van der Waals surface area contributed by atoms with Gasteiger partial charge in [0.25, 0.3) is 0 Å². The Morgan fingerprint density at radius 1 is 1.20 bits per heavy atom. The minimum Gasteiger partial charge on any atom is -0.494 e. The number of nitrogens with zero attached hydrogens (tertiary/aromatic N) is 2. The van der Waals surface area contributed by atoms with Crippen LogP contribution < -0.4 is 15.4 Å². The second-order valence-corrected chi connectivity index (χ2v) is 8.59. The predicted molar refractivity (Wildman–Crippen MR) is 119 cm³/mol. The number of carbonyl (C=O) groups is 1. The van der Waals surface area contributed by atoms with Crippen LogP contribution in [0.15, 0.2) is 18.2 Å². The topological polar surface area (TPSA) is 66.1 Å². The van der Waals surface area contributed by atoms with E-state index in [1.165, 1.54) is 31.4 Å². The first-order valence-corrected chi connectivity index (χ1v) is 11.3. The number of ether oxygens (including phenoxy) is 2. The molecule has 0 aromatic heterocycles. The van der Waals surface area contributed by atoms with Gasteiger partial charge in [0, 0.05) is 32.6 Å². The standard InChI is InChI=1S/C23H38N4O3/c1-18-8-5-6-12-26(18)13-7-15-29-21-10-9-20-17-27(14-11-19(20)16-21)22(28)30-23(2,24-3)25-4/h9-10,16,18,24-25H,5-8,11-15,17H2,1-4H3. The summed E-state index contributed by atoms with van der Waals surface area (Å²) < 4.78 is 11.6. The summed E-state index contributed by atoms with van der Waals surface area (Å²) in [5, 5.41) is 5.94. The van der Waals surface area contributed by atoms with Gasteiger partial charge in [-0.05, 0) is 76.5 Å². The quantitative estimate of drug-likeness (QED) is 0.500. The Hall–Kier alpha value is -1.83. The van der Waals surface area contributed by atoms with Gasteiger partial charge >= 0.3 is 6.09 Å². The van der Waals surface area contributed by atoms with E-state index in [2.05, 4.69) is 34.6 Å². The van der Waals surface area contributed by atoms with E-state index < -0.39 is 5.85 Å². The van der Waals surface area contributed by atoms with Crippen molar-refractivity contribution in [2.24, 2.45) is 0 Å². The Balaban J connectivity index is 1.47. The van der Waals surface area contributed by atoms with Gasteiger partial charge in [-0.2, -0.15) is 0 Å². The number of hydrogen-bond donors (Lipinski definition) is 2. The third kappa shape index (κ3) is 5.86. The highest BCUT2D eigenvalue weighted by molar-refractivity contribution is 5.68. The van der Waals surface area contributed by atoms with Crippen molar-refractivity contribution in [2.45, 2.75) is 64.4 Å². The van der Waals surface area contributed by atoms with Gasteiger partial charge in [0.2, 0.25) is 5.85 Å². The molecule has 7 heteroatoms. The van der Waals surface area contributed by atoms with Crippen LogP contribution in [0.1, 0.15) is 50.7 Å². The third-order valence-corrected chi connectivity index (χ3v) is 6.49. The summed E-state index contributed by atoms with van der Waals surface area (Å²) in [4.78, 5) is 16.9. The summed E-state index contributed by atoms with van der Waals surface area (Å²) in [5.74, 6) is 0.0514. The van der Waals surface area contributed by atoms with Crippen molar-refractivity contribution in [3.05, 3.63) is 29.3 Å². The molecule has 1 fully saturated rings.